The summed E-state index contributed by atoms with van der Waals surface area (Å²) in [6.45, 7) is 11.0. The molecule has 0 saturated carbocycles. The second kappa shape index (κ2) is 5.85. The maximum atomic E-state index is 3.30. The van der Waals surface area contributed by atoms with Gasteiger partial charge in [-0.1, -0.05) is 39.8 Å². The van der Waals surface area contributed by atoms with E-state index in [4.69, 9.17) is 0 Å². The highest BCUT2D eigenvalue weighted by molar-refractivity contribution is 5.27. The molecule has 76 valence electrons. The molecule has 0 aromatic carbocycles. The fraction of sp³-hybridized carbons (Fsp3) is 0.667. The minimum atomic E-state index is 0.568. The van der Waals surface area contributed by atoms with Crippen molar-refractivity contribution in [2.24, 2.45) is 11.8 Å². The summed E-state index contributed by atoms with van der Waals surface area (Å²) in [5, 5.41) is 3.30. The predicted molar refractivity (Wildman–Crippen MR) is 60.6 cm³/mol. The fourth-order valence-electron chi connectivity index (χ4n) is 1.54. The summed E-state index contributed by atoms with van der Waals surface area (Å²) in [5.74, 6) is 1.15. The summed E-state index contributed by atoms with van der Waals surface area (Å²) in [6.07, 6.45) is 4.31. The first kappa shape index (κ1) is 12.3. The predicted octanol–water partition coefficient (Wildman–Crippen LogP) is 3.35. The van der Waals surface area contributed by atoms with Gasteiger partial charge in [-0.3, -0.25) is 0 Å². The molecule has 0 saturated heterocycles. The molecule has 0 aliphatic rings. The Labute approximate surface area is 82.9 Å². The van der Waals surface area contributed by atoms with Gasteiger partial charge in [0.2, 0.25) is 0 Å². The Hall–Kier alpha value is -0.720. The lowest BCUT2D eigenvalue weighted by atomic mass is 9.95. The van der Waals surface area contributed by atoms with Gasteiger partial charge < -0.3 is 5.32 Å². The maximum Gasteiger partial charge on any atom is 0.0165 e. The van der Waals surface area contributed by atoms with Crippen molar-refractivity contribution in [2.45, 2.75) is 34.6 Å². The van der Waals surface area contributed by atoms with E-state index >= 15 is 0 Å². The number of allylic oxidation sites excluding steroid dienone is 4. The van der Waals surface area contributed by atoms with Crippen molar-refractivity contribution in [2.75, 3.05) is 7.05 Å². The second-order valence-electron chi connectivity index (χ2n) is 3.93. The number of rotatable bonds is 4. The average Bonchev–Trinajstić information content (AvgIpc) is 2.03. The Kier molecular flexibility index (Phi) is 5.52. The van der Waals surface area contributed by atoms with Crippen LogP contribution in [0.2, 0.25) is 0 Å². The average molecular weight is 181 g/mol. The largest absolute Gasteiger partial charge is 0.391 e. The van der Waals surface area contributed by atoms with Crippen LogP contribution in [0, 0.1) is 11.8 Å². The van der Waals surface area contributed by atoms with E-state index in [9.17, 15) is 0 Å². The van der Waals surface area contributed by atoms with Gasteiger partial charge in [-0.25, -0.2) is 0 Å². The van der Waals surface area contributed by atoms with Crippen molar-refractivity contribution >= 4 is 0 Å². The first-order valence-corrected chi connectivity index (χ1v) is 5.09. The quantitative estimate of drug-likeness (QED) is 0.656. The van der Waals surface area contributed by atoms with Gasteiger partial charge in [0.1, 0.15) is 0 Å². The molecule has 0 fully saturated rings. The normalized spacial score (nSPS) is 14.2. The van der Waals surface area contributed by atoms with Crippen LogP contribution in [0.15, 0.2) is 23.4 Å². The summed E-state index contributed by atoms with van der Waals surface area (Å²) >= 11 is 0. The van der Waals surface area contributed by atoms with E-state index in [1.165, 1.54) is 11.3 Å². The lowest BCUT2D eigenvalue weighted by Gasteiger charge is -2.18. The standard InChI is InChI=1S/C12H23N/c1-7-8-11(9(2)3)12(13-6)10(4)5/h7-10,13H,1-6H3/b8-7-,12-11+. The molecule has 0 radical (unpaired) electrons. The summed E-state index contributed by atoms with van der Waals surface area (Å²) in [4.78, 5) is 0. The van der Waals surface area contributed by atoms with Crippen molar-refractivity contribution in [3.8, 4) is 0 Å². The van der Waals surface area contributed by atoms with E-state index in [0.717, 1.165) is 0 Å². The molecule has 0 unspecified atom stereocenters. The van der Waals surface area contributed by atoms with E-state index in [0.29, 0.717) is 11.8 Å². The molecule has 1 nitrogen and oxygen atoms in total. The van der Waals surface area contributed by atoms with Gasteiger partial charge in [0, 0.05) is 12.7 Å². The molecule has 0 aromatic rings. The minimum Gasteiger partial charge on any atom is -0.391 e. The van der Waals surface area contributed by atoms with Crippen LogP contribution in [-0.4, -0.2) is 7.05 Å². The van der Waals surface area contributed by atoms with E-state index in [1.807, 2.05) is 7.05 Å². The van der Waals surface area contributed by atoms with Gasteiger partial charge in [-0.2, -0.15) is 0 Å². The monoisotopic (exact) mass is 181 g/mol. The highest BCUT2D eigenvalue weighted by atomic mass is 14.8. The first-order valence-electron chi connectivity index (χ1n) is 5.09. The van der Waals surface area contributed by atoms with Crippen LogP contribution in [0.1, 0.15) is 34.6 Å². The lowest BCUT2D eigenvalue weighted by Crippen LogP contribution is -2.16. The lowest BCUT2D eigenvalue weighted by molar-refractivity contribution is 0.653. The maximum absolute atomic E-state index is 3.30. The molecule has 0 aliphatic carbocycles. The first-order chi connectivity index (χ1) is 6.04. The zero-order chi connectivity index (χ0) is 10.4. The molecule has 0 atom stereocenters. The van der Waals surface area contributed by atoms with Crippen LogP contribution in [-0.2, 0) is 0 Å². The third-order valence-corrected chi connectivity index (χ3v) is 2.13. The molecule has 0 amide bonds. The van der Waals surface area contributed by atoms with E-state index in [-0.39, 0.29) is 0 Å². The molecule has 1 N–H and O–H groups in total. The van der Waals surface area contributed by atoms with E-state index in [1.54, 1.807) is 0 Å². The van der Waals surface area contributed by atoms with Gasteiger partial charge >= 0.3 is 0 Å². The van der Waals surface area contributed by atoms with Crippen LogP contribution in [0.3, 0.4) is 0 Å². The van der Waals surface area contributed by atoms with Crippen LogP contribution in [0.4, 0.5) is 0 Å². The summed E-state index contributed by atoms with van der Waals surface area (Å²) in [6, 6.07) is 0. The Morgan fingerprint density at radius 1 is 1.08 bits per heavy atom. The molecule has 0 aliphatic heterocycles. The van der Waals surface area contributed by atoms with Crippen molar-refractivity contribution < 1.29 is 0 Å². The molecule has 0 bridgehead atoms. The van der Waals surface area contributed by atoms with Crippen molar-refractivity contribution in [1.29, 1.82) is 0 Å². The molecule has 0 spiro atoms. The summed E-state index contributed by atoms with van der Waals surface area (Å²) < 4.78 is 0. The molecule has 0 rings (SSSR count). The van der Waals surface area contributed by atoms with Gasteiger partial charge in [0.05, 0.1) is 0 Å². The Balaban J connectivity index is 5.00. The minimum absolute atomic E-state index is 0.568. The zero-order valence-corrected chi connectivity index (χ0v) is 9.81. The number of hydrogen-bond donors (Lipinski definition) is 1. The van der Waals surface area contributed by atoms with Crippen LogP contribution in [0.5, 0.6) is 0 Å². The third kappa shape index (κ3) is 3.67. The summed E-state index contributed by atoms with van der Waals surface area (Å²) in [5.41, 5.74) is 2.77. The molecular weight excluding hydrogens is 158 g/mol. The highest BCUT2D eigenvalue weighted by Gasteiger charge is 2.09. The number of nitrogens with one attached hydrogen (secondary N) is 1. The molecule has 13 heavy (non-hydrogen) atoms. The van der Waals surface area contributed by atoms with Gasteiger partial charge in [0.25, 0.3) is 0 Å². The molecule has 0 aromatic heterocycles. The highest BCUT2D eigenvalue weighted by Crippen LogP contribution is 2.20. The zero-order valence-electron chi connectivity index (χ0n) is 9.81. The fourth-order valence-corrected chi connectivity index (χ4v) is 1.54. The smallest absolute Gasteiger partial charge is 0.0165 e. The van der Waals surface area contributed by atoms with Gasteiger partial charge in [-0.15, -0.1) is 0 Å². The third-order valence-electron chi connectivity index (χ3n) is 2.13. The topological polar surface area (TPSA) is 12.0 Å². The second-order valence-corrected chi connectivity index (χ2v) is 3.93. The Morgan fingerprint density at radius 3 is 1.85 bits per heavy atom. The van der Waals surface area contributed by atoms with Crippen molar-refractivity contribution in [3.63, 3.8) is 0 Å². The molecular formula is C12H23N. The van der Waals surface area contributed by atoms with E-state index in [2.05, 4.69) is 52.1 Å². The molecule has 1 heteroatoms. The van der Waals surface area contributed by atoms with Crippen LogP contribution < -0.4 is 5.32 Å². The van der Waals surface area contributed by atoms with Crippen molar-refractivity contribution in [3.05, 3.63) is 23.4 Å². The SMILES string of the molecule is C/C=C\C(=C(/NC)C(C)C)C(C)C. The number of hydrogen-bond acceptors (Lipinski definition) is 1. The van der Waals surface area contributed by atoms with E-state index < -0.39 is 0 Å². The summed E-state index contributed by atoms with van der Waals surface area (Å²) in [7, 11) is 2.00. The Morgan fingerprint density at radius 2 is 1.62 bits per heavy atom. The van der Waals surface area contributed by atoms with Crippen molar-refractivity contribution in [1.82, 2.24) is 5.32 Å². The molecule has 0 heterocycles. The Bertz CT molecular complexity index is 197. The van der Waals surface area contributed by atoms with Gasteiger partial charge in [0.15, 0.2) is 0 Å². The van der Waals surface area contributed by atoms with Crippen LogP contribution in [0.25, 0.3) is 0 Å². The van der Waals surface area contributed by atoms with Gasteiger partial charge in [-0.05, 0) is 24.3 Å². The van der Waals surface area contributed by atoms with Crippen LogP contribution >= 0.6 is 0 Å².